The molecule has 9 aromatic carbocycles. The third kappa shape index (κ3) is 10.6. The Morgan fingerprint density at radius 3 is 0.328 bits per heavy atom. The Hall–Kier alpha value is -4.81. The first-order valence-electron chi connectivity index (χ1n) is 19.8. The maximum atomic E-state index is 11.5. The van der Waals surface area contributed by atoms with Gasteiger partial charge in [0.25, 0.3) is 0 Å². The normalized spacial score (nSPS) is 11.0. The van der Waals surface area contributed by atoms with Gasteiger partial charge in [-0.1, -0.05) is 273 Å². The second kappa shape index (κ2) is 22.3. The van der Waals surface area contributed by atoms with E-state index < -0.39 is 21.2 Å². The minimum Gasteiger partial charge on any atom is -0.797 e. The van der Waals surface area contributed by atoms with E-state index in [1.54, 1.807) is 0 Å². The molecule has 0 N–H and O–H groups in total. The third-order valence-electron chi connectivity index (χ3n) is 10.2. The molecule has 3 nitrogen and oxygen atoms in total. The zero-order valence-electron chi connectivity index (χ0n) is 33.4. The molecule has 0 aliphatic heterocycles. The number of rotatable bonds is 9. The molecule has 0 saturated heterocycles. The molecule has 0 aromatic heterocycles. The van der Waals surface area contributed by atoms with Crippen LogP contribution in [0.3, 0.4) is 0 Å². The van der Waals surface area contributed by atoms with Crippen LogP contribution < -0.4 is 47.7 Å². The summed E-state index contributed by atoms with van der Waals surface area (Å²) in [6.07, 6.45) is 0. The molecule has 0 spiro atoms. The van der Waals surface area contributed by atoms with E-state index in [-0.39, 0.29) is 46.9 Å². The van der Waals surface area contributed by atoms with E-state index in [2.05, 4.69) is 0 Å². The Morgan fingerprint density at radius 2 is 0.246 bits per heavy atom. The van der Waals surface area contributed by atoms with Crippen molar-refractivity contribution in [3.8, 4) is 0 Å². The molecule has 1 radical (unpaired) electrons. The Kier molecular flexibility index (Phi) is 16.7. The first-order chi connectivity index (χ1) is 29.4. The summed E-state index contributed by atoms with van der Waals surface area (Å²) in [6.45, 7) is 0. The van der Waals surface area contributed by atoms with E-state index in [0.717, 1.165) is 47.7 Å². The Morgan fingerprint density at radius 1 is 0.164 bits per heavy atom. The van der Waals surface area contributed by atoms with Gasteiger partial charge in [-0.3, -0.25) is 0 Å². The van der Waals surface area contributed by atoms with Crippen LogP contribution in [-0.4, -0.2) is 0 Å². The summed E-state index contributed by atoms with van der Waals surface area (Å²) in [7, 11) is -7.58. The molecule has 61 heavy (non-hydrogen) atoms. The fourth-order valence-corrected chi connectivity index (χ4v) is 15.3. The van der Waals surface area contributed by atoms with Crippen molar-refractivity contribution in [2.24, 2.45) is 0 Å². The molecule has 0 unspecified atom stereocenters. The van der Waals surface area contributed by atoms with Crippen LogP contribution in [0.4, 0.5) is 0 Å². The SMILES string of the molecule is [N-]=P(c1ccccc1)(c1ccccc1)c1ccccc1.[N-]=P(c1ccccc1)(c1ccccc1)c1ccccc1.[N-]=P(c1ccccc1)(c1ccccc1)c1ccccc1.[Yb+3]. The average Bonchev–Trinajstić information content (AvgIpc) is 3.36. The average molecular weight is 1000 g/mol. The summed E-state index contributed by atoms with van der Waals surface area (Å²) in [4.78, 5) is 0. The predicted octanol–water partition coefficient (Wildman–Crippen LogP) is 11.2. The van der Waals surface area contributed by atoms with E-state index in [1.807, 2.05) is 273 Å². The quantitative estimate of drug-likeness (QED) is 0.129. The number of hydrogen-bond acceptors (Lipinski definition) is 0. The molecule has 0 bridgehead atoms. The van der Waals surface area contributed by atoms with Gasteiger partial charge in [-0.05, 0) is 47.7 Å². The maximum absolute atomic E-state index is 11.5. The van der Waals surface area contributed by atoms with Crippen molar-refractivity contribution in [1.82, 2.24) is 0 Å². The van der Waals surface area contributed by atoms with Crippen molar-refractivity contribution in [2.75, 3.05) is 0 Å². The topological polar surface area (TPSA) is 66.9 Å². The van der Waals surface area contributed by atoms with Crippen LogP contribution in [0.5, 0.6) is 0 Å². The van der Waals surface area contributed by atoms with Gasteiger partial charge in [-0.2, -0.15) is 0 Å². The molecule has 9 aromatic rings. The van der Waals surface area contributed by atoms with Gasteiger partial charge in [-0.15, -0.1) is 21.2 Å². The van der Waals surface area contributed by atoms with Crippen LogP contribution in [0.15, 0.2) is 273 Å². The van der Waals surface area contributed by atoms with Crippen LogP contribution in [0.1, 0.15) is 0 Å². The maximum Gasteiger partial charge on any atom is 3.00 e. The van der Waals surface area contributed by atoms with Crippen molar-refractivity contribution in [1.29, 1.82) is 0 Å². The molecule has 0 aliphatic rings. The largest absolute Gasteiger partial charge is 3.00 e. The zero-order valence-corrected chi connectivity index (χ0v) is 37.8. The molecular weight excluding hydrogens is 957 g/mol. The second-order valence-electron chi connectivity index (χ2n) is 13.9. The minimum atomic E-state index is -2.53. The summed E-state index contributed by atoms with van der Waals surface area (Å²) in [5, 5.41) is 43.5. The molecule has 0 atom stereocenters. The summed E-state index contributed by atoms with van der Waals surface area (Å²) < 4.78 is 0. The predicted molar refractivity (Wildman–Crippen MR) is 266 cm³/mol. The monoisotopic (exact) mass is 1000 g/mol. The first-order valence-corrected chi connectivity index (χ1v) is 25.0. The smallest absolute Gasteiger partial charge is 0.797 e. The summed E-state index contributed by atoms with van der Waals surface area (Å²) >= 11 is 0. The fourth-order valence-electron chi connectivity index (χ4n) is 7.14. The molecule has 305 valence electrons. The van der Waals surface area contributed by atoms with E-state index in [4.69, 9.17) is 0 Å². The van der Waals surface area contributed by atoms with Gasteiger partial charge in [0, 0.05) is 0 Å². The third-order valence-corrected chi connectivity index (χ3v) is 19.6. The van der Waals surface area contributed by atoms with Gasteiger partial charge in [0.15, 0.2) is 0 Å². The molecule has 0 aliphatic carbocycles. The molecular formula is C54H45N3P3Yb. The van der Waals surface area contributed by atoms with Gasteiger partial charge in [-0.25, -0.2) is 0 Å². The molecule has 0 saturated carbocycles. The fraction of sp³-hybridized carbons (Fsp3) is 0. The molecule has 0 heterocycles. The van der Waals surface area contributed by atoms with Crippen LogP contribution in [-0.2, 0) is 0 Å². The van der Waals surface area contributed by atoms with Gasteiger partial charge >= 0.3 is 46.9 Å². The molecule has 0 amide bonds. The first kappa shape index (κ1) is 45.7. The Bertz CT molecular complexity index is 2180. The number of nitrogens with zero attached hydrogens (tertiary/aromatic N) is 3. The Balaban J connectivity index is 0.000000152. The van der Waals surface area contributed by atoms with Crippen LogP contribution in [0.25, 0.3) is 15.5 Å². The number of benzene rings is 9. The van der Waals surface area contributed by atoms with E-state index in [9.17, 15) is 15.5 Å². The number of hydrogen-bond donors (Lipinski definition) is 0. The minimum absolute atomic E-state index is 0. The molecule has 9 rings (SSSR count). The van der Waals surface area contributed by atoms with Crippen molar-refractivity contribution in [2.45, 2.75) is 0 Å². The van der Waals surface area contributed by atoms with E-state index >= 15 is 0 Å². The Labute approximate surface area is 400 Å². The van der Waals surface area contributed by atoms with Crippen molar-refractivity contribution < 1.29 is 46.9 Å². The second-order valence-corrected chi connectivity index (χ2v) is 22.4. The van der Waals surface area contributed by atoms with Crippen LogP contribution >= 0.6 is 21.2 Å². The van der Waals surface area contributed by atoms with Crippen molar-refractivity contribution in [3.63, 3.8) is 0 Å². The molecule has 0 fully saturated rings. The van der Waals surface area contributed by atoms with Crippen molar-refractivity contribution >= 4 is 68.9 Å². The van der Waals surface area contributed by atoms with Crippen LogP contribution in [0, 0.1) is 46.9 Å². The zero-order chi connectivity index (χ0) is 41.5. The van der Waals surface area contributed by atoms with Crippen LogP contribution in [0.2, 0.25) is 0 Å². The molecule has 7 heteroatoms. The van der Waals surface area contributed by atoms with Gasteiger partial charge in [0.05, 0.1) is 0 Å². The van der Waals surface area contributed by atoms with E-state index in [1.165, 1.54) is 0 Å². The van der Waals surface area contributed by atoms with Gasteiger partial charge in [0.2, 0.25) is 0 Å². The standard InChI is InChI=1S/3C18H15NP.Yb/c3*19-20(16-10-4-1-5-11-16,17-12-6-2-7-13-17)18-14-8-3-9-15-18;/h3*1-15H;/q3*-1;+3. The summed E-state index contributed by atoms with van der Waals surface area (Å²) in [6, 6.07) is 89.5. The summed E-state index contributed by atoms with van der Waals surface area (Å²) in [5.74, 6) is 0. The van der Waals surface area contributed by atoms with Gasteiger partial charge in [0.1, 0.15) is 0 Å². The van der Waals surface area contributed by atoms with E-state index in [0.29, 0.717) is 0 Å². The van der Waals surface area contributed by atoms with Crippen molar-refractivity contribution in [3.05, 3.63) is 288 Å². The summed E-state index contributed by atoms with van der Waals surface area (Å²) in [5.41, 5.74) is 0. The van der Waals surface area contributed by atoms with Gasteiger partial charge < -0.3 is 15.5 Å².